The Balaban J connectivity index is 0.00000195. The largest absolute Gasteiger partial charge is 0.508 e. The Morgan fingerprint density at radius 3 is 1.11 bits per heavy atom. The van der Waals surface area contributed by atoms with E-state index in [1.807, 2.05) is 13.8 Å². The van der Waals surface area contributed by atoms with Crippen LogP contribution in [0.5, 0.6) is 11.5 Å². The maximum atomic E-state index is 10.7. The normalized spacial score (nSPS) is 10.8. The Morgan fingerprint density at radius 2 is 0.763 bits per heavy atom. The van der Waals surface area contributed by atoms with Crippen LogP contribution in [0.3, 0.4) is 0 Å². The molecule has 0 saturated carbocycles. The molecule has 3 aromatic carbocycles. The molecule has 0 aliphatic heterocycles. The van der Waals surface area contributed by atoms with Crippen LogP contribution >= 0.6 is 0 Å². The van der Waals surface area contributed by atoms with Gasteiger partial charge in [-0.25, -0.2) is 15.0 Å². The molecule has 0 aliphatic rings. The van der Waals surface area contributed by atoms with Gasteiger partial charge in [-0.2, -0.15) is 0 Å². The lowest BCUT2D eigenvalue weighted by atomic mass is 9.88. The monoisotopic (exact) mass is 511 g/mol. The van der Waals surface area contributed by atoms with Crippen molar-refractivity contribution >= 4 is 0 Å². The zero-order valence-corrected chi connectivity index (χ0v) is 25.0. The second-order valence-corrected chi connectivity index (χ2v) is 10.0. The van der Waals surface area contributed by atoms with Crippen molar-refractivity contribution in [3.63, 3.8) is 0 Å². The molecule has 0 radical (unpaired) electrons. The van der Waals surface area contributed by atoms with Crippen molar-refractivity contribution in [2.24, 2.45) is 0 Å². The van der Waals surface area contributed by atoms with Crippen LogP contribution in [0.25, 0.3) is 34.2 Å². The first-order chi connectivity index (χ1) is 17.8. The SMILES string of the molecule is CC.Cc1c(C)c(C)c(-c2nc(-c3ccc(O)cc3O)nc(-c3c(C)c(C)c(C)c(C)c3C)n2)c(C)c1C. The van der Waals surface area contributed by atoms with Crippen molar-refractivity contribution in [1.82, 2.24) is 15.0 Å². The maximum absolute atomic E-state index is 10.7. The summed E-state index contributed by atoms with van der Waals surface area (Å²) >= 11 is 0. The molecule has 5 heteroatoms. The highest BCUT2D eigenvalue weighted by molar-refractivity contribution is 5.77. The molecule has 0 aliphatic carbocycles. The van der Waals surface area contributed by atoms with Crippen LogP contribution in [-0.4, -0.2) is 25.2 Å². The molecule has 4 aromatic rings. The lowest BCUT2D eigenvalue weighted by Crippen LogP contribution is -2.07. The molecule has 38 heavy (non-hydrogen) atoms. The summed E-state index contributed by atoms with van der Waals surface area (Å²) in [6.07, 6.45) is 0. The Labute approximate surface area is 227 Å². The number of benzene rings is 3. The van der Waals surface area contributed by atoms with Gasteiger partial charge in [-0.05, 0) is 137 Å². The molecule has 1 aromatic heterocycles. The van der Waals surface area contributed by atoms with Crippen LogP contribution in [0.1, 0.15) is 69.5 Å². The number of hydrogen-bond acceptors (Lipinski definition) is 5. The molecule has 0 bridgehead atoms. The van der Waals surface area contributed by atoms with E-state index in [1.165, 1.54) is 45.5 Å². The zero-order valence-electron chi connectivity index (χ0n) is 25.0. The van der Waals surface area contributed by atoms with E-state index in [0.717, 1.165) is 33.4 Å². The van der Waals surface area contributed by atoms with E-state index in [-0.39, 0.29) is 11.5 Å². The number of rotatable bonds is 3. The lowest BCUT2D eigenvalue weighted by Gasteiger charge is -2.21. The smallest absolute Gasteiger partial charge is 0.167 e. The lowest BCUT2D eigenvalue weighted by molar-refractivity contribution is 0.451. The minimum Gasteiger partial charge on any atom is -0.508 e. The minimum absolute atomic E-state index is 0.0151. The topological polar surface area (TPSA) is 79.1 Å². The third kappa shape index (κ3) is 4.78. The van der Waals surface area contributed by atoms with Gasteiger partial charge in [0.2, 0.25) is 0 Å². The summed E-state index contributed by atoms with van der Waals surface area (Å²) in [5, 5.41) is 20.5. The Bertz CT molecular complexity index is 1410. The standard InChI is InChI=1S/C31H35N3O2.C2H6/c1-14-16(3)20(7)27(21(8)17(14)4)30-32-29(25-12-11-24(35)13-26(25)36)33-31(34-30)28-22(9)18(5)15(2)19(6)23(28)10;1-2/h11-13,35-36H,1-10H3;1-2H3. The van der Waals surface area contributed by atoms with Gasteiger partial charge in [0.05, 0.1) is 5.56 Å². The van der Waals surface area contributed by atoms with Crippen LogP contribution in [-0.2, 0) is 0 Å². The zero-order chi connectivity index (χ0) is 28.6. The number of nitrogens with zero attached hydrogens (tertiary/aromatic N) is 3. The third-order valence-electron chi connectivity index (χ3n) is 8.30. The number of phenols is 2. The number of phenolic OH excluding ortho intramolecular Hbond substituents is 2. The van der Waals surface area contributed by atoms with E-state index < -0.39 is 0 Å². The second-order valence-electron chi connectivity index (χ2n) is 10.0. The van der Waals surface area contributed by atoms with E-state index in [2.05, 4.69) is 69.2 Å². The Morgan fingerprint density at radius 1 is 0.447 bits per heavy atom. The molecule has 5 nitrogen and oxygen atoms in total. The summed E-state index contributed by atoms with van der Waals surface area (Å²) in [4.78, 5) is 14.8. The fourth-order valence-electron chi connectivity index (χ4n) is 5.10. The summed E-state index contributed by atoms with van der Waals surface area (Å²) in [6.45, 7) is 25.3. The van der Waals surface area contributed by atoms with Crippen LogP contribution in [0.2, 0.25) is 0 Å². The summed E-state index contributed by atoms with van der Waals surface area (Å²) < 4.78 is 0. The summed E-state index contributed by atoms with van der Waals surface area (Å²) in [5.74, 6) is 1.44. The molecule has 1 heterocycles. The van der Waals surface area contributed by atoms with E-state index >= 15 is 0 Å². The quantitative estimate of drug-likeness (QED) is 0.289. The van der Waals surface area contributed by atoms with Crippen LogP contribution in [0.4, 0.5) is 0 Å². The molecule has 0 saturated heterocycles. The second kappa shape index (κ2) is 10.9. The van der Waals surface area contributed by atoms with Gasteiger partial charge in [0.1, 0.15) is 11.5 Å². The average Bonchev–Trinajstić information content (AvgIpc) is 2.90. The molecule has 0 amide bonds. The predicted molar refractivity (Wildman–Crippen MR) is 158 cm³/mol. The number of hydrogen-bond donors (Lipinski definition) is 2. The summed E-state index contributed by atoms with van der Waals surface area (Å²) in [6, 6.07) is 4.49. The number of aromatic hydroxyl groups is 2. The van der Waals surface area contributed by atoms with E-state index in [1.54, 1.807) is 6.07 Å². The van der Waals surface area contributed by atoms with Crippen molar-refractivity contribution in [3.8, 4) is 45.7 Å². The molecule has 0 unspecified atom stereocenters. The fourth-order valence-corrected chi connectivity index (χ4v) is 5.10. The van der Waals surface area contributed by atoms with Crippen molar-refractivity contribution in [1.29, 1.82) is 0 Å². The van der Waals surface area contributed by atoms with E-state index in [9.17, 15) is 10.2 Å². The highest BCUT2D eigenvalue weighted by Crippen LogP contribution is 2.38. The Kier molecular flexibility index (Phi) is 8.30. The van der Waals surface area contributed by atoms with Gasteiger partial charge < -0.3 is 10.2 Å². The van der Waals surface area contributed by atoms with Gasteiger partial charge >= 0.3 is 0 Å². The molecule has 4 rings (SSSR count). The first kappa shape index (κ1) is 28.8. The predicted octanol–water partition coefficient (Wildman–Crippen LogP) is 8.39. The fraction of sp³-hybridized carbons (Fsp3) is 0.364. The summed E-state index contributed by atoms with van der Waals surface area (Å²) in [7, 11) is 0. The third-order valence-corrected chi connectivity index (χ3v) is 8.30. The van der Waals surface area contributed by atoms with Gasteiger partial charge in [-0.1, -0.05) is 13.8 Å². The highest BCUT2D eigenvalue weighted by Gasteiger charge is 2.23. The van der Waals surface area contributed by atoms with Crippen molar-refractivity contribution in [3.05, 3.63) is 73.8 Å². The molecular weight excluding hydrogens is 470 g/mol. The van der Waals surface area contributed by atoms with Crippen LogP contribution < -0.4 is 0 Å². The van der Waals surface area contributed by atoms with Gasteiger partial charge in [0.25, 0.3) is 0 Å². The van der Waals surface area contributed by atoms with Gasteiger partial charge in [-0.3, -0.25) is 0 Å². The van der Waals surface area contributed by atoms with E-state index in [0.29, 0.717) is 23.0 Å². The van der Waals surface area contributed by atoms with E-state index in [4.69, 9.17) is 15.0 Å². The average molecular weight is 512 g/mol. The molecule has 0 atom stereocenters. The van der Waals surface area contributed by atoms with Gasteiger partial charge in [0.15, 0.2) is 17.5 Å². The highest BCUT2D eigenvalue weighted by atomic mass is 16.3. The van der Waals surface area contributed by atoms with Crippen LogP contribution in [0, 0.1) is 69.2 Å². The van der Waals surface area contributed by atoms with Gasteiger partial charge in [0, 0.05) is 17.2 Å². The molecule has 0 fully saturated rings. The van der Waals surface area contributed by atoms with Crippen molar-refractivity contribution in [2.45, 2.75) is 83.1 Å². The molecule has 0 spiro atoms. The Hall–Kier alpha value is -3.73. The summed E-state index contributed by atoms with van der Waals surface area (Å²) in [5.41, 5.74) is 14.4. The number of aromatic nitrogens is 3. The van der Waals surface area contributed by atoms with Gasteiger partial charge in [-0.15, -0.1) is 0 Å². The first-order valence-corrected chi connectivity index (χ1v) is 13.3. The minimum atomic E-state index is -0.0764. The first-order valence-electron chi connectivity index (χ1n) is 13.3. The molecule has 200 valence electrons. The maximum Gasteiger partial charge on any atom is 0.167 e. The van der Waals surface area contributed by atoms with Crippen molar-refractivity contribution < 1.29 is 10.2 Å². The van der Waals surface area contributed by atoms with Crippen LogP contribution in [0.15, 0.2) is 18.2 Å². The molecule has 2 N–H and O–H groups in total. The molecular formula is C33H41N3O2. The van der Waals surface area contributed by atoms with Crippen molar-refractivity contribution in [2.75, 3.05) is 0 Å².